The van der Waals surface area contributed by atoms with Crippen LogP contribution in [0.4, 0.5) is 4.79 Å². The van der Waals surface area contributed by atoms with Gasteiger partial charge >= 0.3 is 12.1 Å². The van der Waals surface area contributed by atoms with Gasteiger partial charge < -0.3 is 14.9 Å². The summed E-state index contributed by atoms with van der Waals surface area (Å²) >= 11 is 0. The van der Waals surface area contributed by atoms with Gasteiger partial charge in [0.05, 0.1) is 6.10 Å². The van der Waals surface area contributed by atoms with Crippen LogP contribution in [0.1, 0.15) is 6.92 Å². The zero-order valence-electron chi connectivity index (χ0n) is 6.43. The molecule has 1 rings (SSSR count). The van der Waals surface area contributed by atoms with E-state index in [4.69, 9.17) is 14.9 Å². The maximum absolute atomic E-state index is 10.5. The summed E-state index contributed by atoms with van der Waals surface area (Å²) in [6.07, 6.45) is -1.86. The molecule has 6 nitrogen and oxygen atoms in total. The average molecular weight is 175 g/mol. The van der Waals surface area contributed by atoms with Crippen LogP contribution >= 0.6 is 0 Å². The van der Waals surface area contributed by atoms with Crippen LogP contribution in [-0.4, -0.2) is 46.1 Å². The van der Waals surface area contributed by atoms with Crippen LogP contribution in [0.2, 0.25) is 0 Å². The van der Waals surface area contributed by atoms with Crippen molar-refractivity contribution in [1.29, 1.82) is 0 Å². The van der Waals surface area contributed by atoms with Gasteiger partial charge in [-0.2, -0.15) is 0 Å². The van der Waals surface area contributed by atoms with E-state index in [-0.39, 0.29) is 6.73 Å². The minimum atomic E-state index is -1.27. The number of amides is 1. The van der Waals surface area contributed by atoms with E-state index < -0.39 is 24.2 Å². The van der Waals surface area contributed by atoms with Crippen LogP contribution in [0.3, 0.4) is 0 Å². The quantitative estimate of drug-likeness (QED) is 0.576. The minimum absolute atomic E-state index is 0.173. The second-order valence-electron chi connectivity index (χ2n) is 2.54. The third-order valence-corrected chi connectivity index (χ3v) is 1.76. The van der Waals surface area contributed by atoms with Gasteiger partial charge in [0.25, 0.3) is 0 Å². The SMILES string of the molecule is C[C@H]1OCN(C(=O)O)[C@H]1C(=O)O. The maximum atomic E-state index is 10.5. The zero-order valence-corrected chi connectivity index (χ0v) is 6.43. The lowest BCUT2D eigenvalue weighted by Crippen LogP contribution is -2.43. The average Bonchev–Trinajstić information content (AvgIpc) is 2.30. The number of hydrogen-bond donors (Lipinski definition) is 2. The topological polar surface area (TPSA) is 87.1 Å². The smallest absolute Gasteiger partial charge is 0.409 e. The molecule has 1 amide bonds. The summed E-state index contributed by atoms with van der Waals surface area (Å²) in [7, 11) is 0. The van der Waals surface area contributed by atoms with Gasteiger partial charge in [0.15, 0.2) is 6.04 Å². The number of hydrogen-bond acceptors (Lipinski definition) is 3. The van der Waals surface area contributed by atoms with Crippen molar-refractivity contribution in [3.05, 3.63) is 0 Å². The Hall–Kier alpha value is -1.30. The first-order valence-corrected chi connectivity index (χ1v) is 3.38. The van der Waals surface area contributed by atoms with Gasteiger partial charge in [-0.25, -0.2) is 9.59 Å². The van der Waals surface area contributed by atoms with Crippen molar-refractivity contribution >= 4 is 12.1 Å². The van der Waals surface area contributed by atoms with Crippen molar-refractivity contribution in [2.45, 2.75) is 19.1 Å². The number of carboxylic acid groups (broad SMARTS) is 2. The molecular formula is C6H9NO5. The Balaban J connectivity index is 2.77. The molecule has 0 saturated carbocycles. The predicted octanol–water partition coefficient (Wildman–Crippen LogP) is -0.204. The monoisotopic (exact) mass is 175 g/mol. The van der Waals surface area contributed by atoms with Crippen molar-refractivity contribution in [2.24, 2.45) is 0 Å². The molecule has 0 aromatic heterocycles. The van der Waals surface area contributed by atoms with E-state index in [2.05, 4.69) is 0 Å². The molecule has 0 aliphatic carbocycles. The molecule has 1 fully saturated rings. The van der Waals surface area contributed by atoms with Crippen LogP contribution in [0.5, 0.6) is 0 Å². The first kappa shape index (κ1) is 8.79. The molecule has 1 aliphatic heterocycles. The molecule has 0 aromatic rings. The number of carboxylic acids is 1. The highest BCUT2D eigenvalue weighted by Gasteiger charge is 2.40. The molecular weight excluding hydrogens is 166 g/mol. The van der Waals surface area contributed by atoms with Crippen LogP contribution in [-0.2, 0) is 9.53 Å². The largest absolute Gasteiger partial charge is 0.480 e. The van der Waals surface area contributed by atoms with Gasteiger partial charge in [0.1, 0.15) is 6.73 Å². The van der Waals surface area contributed by atoms with Crippen molar-refractivity contribution in [2.75, 3.05) is 6.73 Å². The van der Waals surface area contributed by atoms with Crippen LogP contribution in [0, 0.1) is 0 Å². The van der Waals surface area contributed by atoms with Crippen LogP contribution in [0.25, 0.3) is 0 Å². The van der Waals surface area contributed by atoms with E-state index in [0.29, 0.717) is 0 Å². The fourth-order valence-electron chi connectivity index (χ4n) is 1.13. The molecule has 2 N–H and O–H groups in total. The van der Waals surface area contributed by atoms with E-state index in [1.54, 1.807) is 0 Å². The molecule has 0 unspecified atom stereocenters. The first-order valence-electron chi connectivity index (χ1n) is 3.38. The van der Waals surface area contributed by atoms with Crippen LogP contribution in [0.15, 0.2) is 0 Å². The van der Waals surface area contributed by atoms with Crippen molar-refractivity contribution in [1.82, 2.24) is 4.90 Å². The number of nitrogens with zero attached hydrogens (tertiary/aromatic N) is 1. The Bertz CT molecular complexity index is 216. The molecule has 1 aliphatic rings. The Morgan fingerprint density at radius 2 is 2.08 bits per heavy atom. The van der Waals surface area contributed by atoms with Crippen molar-refractivity contribution in [3.63, 3.8) is 0 Å². The molecule has 0 aromatic carbocycles. The van der Waals surface area contributed by atoms with Gasteiger partial charge in [-0.05, 0) is 6.92 Å². The molecule has 1 saturated heterocycles. The highest BCUT2D eigenvalue weighted by Crippen LogP contribution is 2.16. The fourth-order valence-corrected chi connectivity index (χ4v) is 1.13. The second kappa shape index (κ2) is 2.98. The number of rotatable bonds is 1. The molecule has 12 heavy (non-hydrogen) atoms. The summed E-state index contributed by atoms with van der Waals surface area (Å²) in [5, 5.41) is 17.2. The highest BCUT2D eigenvalue weighted by atomic mass is 16.5. The molecule has 0 spiro atoms. The third kappa shape index (κ3) is 1.33. The molecule has 2 atom stereocenters. The third-order valence-electron chi connectivity index (χ3n) is 1.76. The van der Waals surface area contributed by atoms with Crippen molar-refractivity contribution < 1.29 is 24.5 Å². The summed E-state index contributed by atoms with van der Waals surface area (Å²) in [5.74, 6) is -1.18. The maximum Gasteiger partial charge on any atom is 0.409 e. The van der Waals surface area contributed by atoms with Gasteiger partial charge in [-0.15, -0.1) is 0 Å². The number of aliphatic carboxylic acids is 1. The predicted molar refractivity (Wildman–Crippen MR) is 36.7 cm³/mol. The number of ether oxygens (including phenoxy) is 1. The summed E-state index contributed by atoms with van der Waals surface area (Å²) in [6.45, 7) is 1.36. The lowest BCUT2D eigenvalue weighted by atomic mass is 10.2. The lowest BCUT2D eigenvalue weighted by Gasteiger charge is -2.16. The zero-order chi connectivity index (χ0) is 9.30. The Morgan fingerprint density at radius 3 is 2.42 bits per heavy atom. The summed E-state index contributed by atoms with van der Waals surface area (Å²) in [5.41, 5.74) is 0. The second-order valence-corrected chi connectivity index (χ2v) is 2.54. The van der Waals surface area contributed by atoms with Gasteiger partial charge in [0, 0.05) is 0 Å². The lowest BCUT2D eigenvalue weighted by molar-refractivity contribution is -0.142. The van der Waals surface area contributed by atoms with E-state index in [9.17, 15) is 9.59 Å². The molecule has 0 radical (unpaired) electrons. The fraction of sp³-hybridized carbons (Fsp3) is 0.667. The highest BCUT2D eigenvalue weighted by molar-refractivity contribution is 5.80. The van der Waals surface area contributed by atoms with E-state index in [1.165, 1.54) is 6.92 Å². The standard InChI is InChI=1S/C6H9NO5/c1-3-4(5(8)9)7(2-12-3)6(10)11/h3-4H,2H2,1H3,(H,8,9)(H,10,11)/t3-,4-/m1/s1. The summed E-state index contributed by atoms with van der Waals surface area (Å²) < 4.78 is 4.86. The summed E-state index contributed by atoms with van der Waals surface area (Å²) in [6, 6.07) is -1.08. The van der Waals surface area contributed by atoms with E-state index in [1.807, 2.05) is 0 Å². The Labute approximate surface area is 68.3 Å². The first-order chi connectivity index (χ1) is 5.54. The molecule has 68 valence electrons. The van der Waals surface area contributed by atoms with E-state index >= 15 is 0 Å². The minimum Gasteiger partial charge on any atom is -0.480 e. The Morgan fingerprint density at radius 1 is 1.50 bits per heavy atom. The van der Waals surface area contributed by atoms with E-state index in [0.717, 1.165) is 4.90 Å². The molecule has 1 heterocycles. The van der Waals surface area contributed by atoms with Crippen molar-refractivity contribution in [3.8, 4) is 0 Å². The summed E-state index contributed by atoms with van der Waals surface area (Å²) in [4.78, 5) is 21.7. The Kier molecular flexibility index (Phi) is 2.18. The van der Waals surface area contributed by atoms with Gasteiger partial charge in [-0.3, -0.25) is 4.90 Å². The van der Waals surface area contributed by atoms with Gasteiger partial charge in [-0.1, -0.05) is 0 Å². The van der Waals surface area contributed by atoms with Gasteiger partial charge in [0.2, 0.25) is 0 Å². The number of carbonyl (C=O) groups is 2. The molecule has 6 heteroatoms. The normalized spacial score (nSPS) is 28.9. The molecule has 0 bridgehead atoms. The van der Waals surface area contributed by atoms with Crippen LogP contribution < -0.4 is 0 Å².